The Morgan fingerprint density at radius 2 is 2.17 bits per heavy atom. The molecular weight excluding hydrogens is 250 g/mol. The van der Waals surface area contributed by atoms with E-state index in [-0.39, 0.29) is 5.91 Å². The van der Waals surface area contributed by atoms with Crippen molar-refractivity contribution in [2.75, 3.05) is 11.1 Å². The first-order chi connectivity index (χ1) is 8.63. The fourth-order valence-corrected chi connectivity index (χ4v) is 2.04. The van der Waals surface area contributed by atoms with Gasteiger partial charge in [-0.15, -0.1) is 11.3 Å². The maximum Gasteiger partial charge on any atom is 0.223 e. The zero-order valence-corrected chi connectivity index (χ0v) is 10.7. The molecule has 0 aliphatic heterocycles. The number of nitrogens with one attached hydrogen (secondary N) is 1. The number of hydrogen-bond acceptors (Lipinski definition) is 5. The third kappa shape index (κ3) is 3.46. The van der Waals surface area contributed by atoms with Gasteiger partial charge in [0.1, 0.15) is 12.4 Å². The Balaban J connectivity index is 1.92. The van der Waals surface area contributed by atoms with Gasteiger partial charge < -0.3 is 15.8 Å². The van der Waals surface area contributed by atoms with Crippen LogP contribution in [0.15, 0.2) is 29.6 Å². The Morgan fingerprint density at radius 3 is 2.83 bits per heavy atom. The largest absolute Gasteiger partial charge is 0.487 e. The summed E-state index contributed by atoms with van der Waals surface area (Å²) in [6.07, 6.45) is 0. The number of amides is 1. The minimum atomic E-state index is -0.129. The van der Waals surface area contributed by atoms with Gasteiger partial charge in [0.15, 0.2) is 5.13 Å². The van der Waals surface area contributed by atoms with Crippen molar-refractivity contribution in [1.82, 2.24) is 4.98 Å². The highest BCUT2D eigenvalue weighted by atomic mass is 32.1. The van der Waals surface area contributed by atoms with Crippen molar-refractivity contribution >= 4 is 28.1 Å². The van der Waals surface area contributed by atoms with Crippen LogP contribution in [0.5, 0.6) is 5.75 Å². The molecule has 5 nitrogen and oxygen atoms in total. The second-order valence-corrected chi connectivity index (χ2v) is 4.54. The van der Waals surface area contributed by atoms with Crippen LogP contribution in [-0.2, 0) is 11.4 Å². The first-order valence-corrected chi connectivity index (χ1v) is 6.22. The zero-order chi connectivity index (χ0) is 13.0. The lowest BCUT2D eigenvalue weighted by molar-refractivity contribution is -0.114. The van der Waals surface area contributed by atoms with Crippen LogP contribution in [0.2, 0.25) is 0 Å². The number of aromatic nitrogens is 1. The van der Waals surface area contributed by atoms with Crippen LogP contribution in [0.4, 0.5) is 10.8 Å². The molecule has 0 saturated carbocycles. The molecule has 0 spiro atoms. The van der Waals surface area contributed by atoms with E-state index in [0.717, 1.165) is 11.4 Å². The van der Waals surface area contributed by atoms with Gasteiger partial charge in [0.25, 0.3) is 0 Å². The van der Waals surface area contributed by atoms with E-state index in [1.807, 2.05) is 5.38 Å². The van der Waals surface area contributed by atoms with E-state index in [1.165, 1.54) is 18.3 Å². The number of carbonyl (C=O) groups excluding carboxylic acids is 1. The van der Waals surface area contributed by atoms with Gasteiger partial charge in [-0.05, 0) is 24.3 Å². The Hall–Kier alpha value is -2.08. The second-order valence-electron chi connectivity index (χ2n) is 3.68. The van der Waals surface area contributed by atoms with Crippen molar-refractivity contribution in [2.45, 2.75) is 13.5 Å². The average molecular weight is 263 g/mol. The lowest BCUT2D eigenvalue weighted by Gasteiger charge is -2.03. The molecule has 0 saturated heterocycles. The Labute approximate surface area is 109 Å². The van der Waals surface area contributed by atoms with E-state index in [2.05, 4.69) is 10.3 Å². The molecule has 0 unspecified atom stereocenters. The highest BCUT2D eigenvalue weighted by molar-refractivity contribution is 7.13. The summed E-state index contributed by atoms with van der Waals surface area (Å²) in [7, 11) is 0. The highest BCUT2D eigenvalue weighted by Gasteiger charge is 2.04. The Kier molecular flexibility index (Phi) is 3.78. The average Bonchev–Trinajstić information content (AvgIpc) is 2.75. The summed E-state index contributed by atoms with van der Waals surface area (Å²) in [6.45, 7) is 1.81. The number of rotatable bonds is 4. The maximum absolute atomic E-state index is 10.8. The number of nitrogens with two attached hydrogens (primary N) is 1. The molecule has 1 aromatic heterocycles. The third-order valence-electron chi connectivity index (χ3n) is 2.10. The van der Waals surface area contributed by atoms with Crippen LogP contribution in [0.1, 0.15) is 12.6 Å². The molecule has 0 fully saturated rings. The summed E-state index contributed by atoms with van der Waals surface area (Å²) in [6, 6.07) is 7.16. The van der Waals surface area contributed by atoms with Crippen molar-refractivity contribution in [3.05, 3.63) is 35.3 Å². The van der Waals surface area contributed by atoms with Gasteiger partial charge >= 0.3 is 0 Å². The van der Waals surface area contributed by atoms with E-state index in [9.17, 15) is 4.79 Å². The Morgan fingerprint density at radius 1 is 1.44 bits per heavy atom. The monoisotopic (exact) mass is 263 g/mol. The molecule has 1 amide bonds. The van der Waals surface area contributed by atoms with Crippen molar-refractivity contribution in [2.24, 2.45) is 0 Å². The molecule has 2 aromatic rings. The van der Waals surface area contributed by atoms with Crippen molar-refractivity contribution in [3.8, 4) is 5.75 Å². The van der Waals surface area contributed by atoms with E-state index < -0.39 is 0 Å². The van der Waals surface area contributed by atoms with Crippen LogP contribution in [0.3, 0.4) is 0 Å². The summed E-state index contributed by atoms with van der Waals surface area (Å²) in [5.41, 5.74) is 7.05. The molecule has 3 N–H and O–H groups in total. The summed E-state index contributed by atoms with van der Waals surface area (Å²) < 4.78 is 5.54. The fourth-order valence-electron chi connectivity index (χ4n) is 1.30. The summed E-state index contributed by atoms with van der Waals surface area (Å²) in [4.78, 5) is 15.1. The second kappa shape index (κ2) is 5.50. The molecule has 0 atom stereocenters. The molecular formula is C12H13N3O2S. The third-order valence-corrected chi connectivity index (χ3v) is 2.91. The van der Waals surface area contributed by atoms with E-state index in [4.69, 9.17) is 10.5 Å². The van der Waals surface area contributed by atoms with Crippen molar-refractivity contribution in [3.63, 3.8) is 0 Å². The summed E-state index contributed by atoms with van der Waals surface area (Å²) >= 11 is 1.37. The Bertz CT molecular complexity index is 537. The van der Waals surface area contributed by atoms with Crippen molar-refractivity contribution < 1.29 is 9.53 Å². The number of nitrogens with zero attached hydrogens (tertiary/aromatic N) is 1. The topological polar surface area (TPSA) is 77.2 Å². The van der Waals surface area contributed by atoms with Crippen LogP contribution in [-0.4, -0.2) is 10.9 Å². The number of thiazole rings is 1. The van der Waals surface area contributed by atoms with Gasteiger partial charge in [-0.1, -0.05) is 0 Å². The number of nitrogen functional groups attached to an aromatic ring is 1. The van der Waals surface area contributed by atoms with Gasteiger partial charge in [-0.3, -0.25) is 4.79 Å². The molecule has 18 heavy (non-hydrogen) atoms. The van der Waals surface area contributed by atoms with Crippen LogP contribution in [0.25, 0.3) is 0 Å². The van der Waals surface area contributed by atoms with E-state index >= 15 is 0 Å². The molecule has 1 heterocycles. The lowest BCUT2D eigenvalue weighted by atomic mass is 10.3. The number of ether oxygens (including phenoxy) is 1. The van der Waals surface area contributed by atoms with Gasteiger partial charge in [-0.25, -0.2) is 4.98 Å². The first-order valence-electron chi connectivity index (χ1n) is 5.34. The van der Waals surface area contributed by atoms with Crippen LogP contribution >= 0.6 is 11.3 Å². The highest BCUT2D eigenvalue weighted by Crippen LogP contribution is 2.18. The molecule has 0 aliphatic rings. The minimum absolute atomic E-state index is 0.129. The van der Waals surface area contributed by atoms with E-state index in [0.29, 0.717) is 17.4 Å². The molecule has 2 rings (SSSR count). The molecule has 1 aromatic carbocycles. The summed E-state index contributed by atoms with van der Waals surface area (Å²) in [5.74, 6) is 0.605. The quantitative estimate of drug-likeness (QED) is 0.829. The SMILES string of the molecule is CC(=O)Nc1nc(COc2ccc(N)cc2)cs1. The number of carbonyl (C=O) groups is 1. The van der Waals surface area contributed by atoms with Gasteiger partial charge in [0, 0.05) is 18.0 Å². The number of anilines is 2. The minimum Gasteiger partial charge on any atom is -0.487 e. The maximum atomic E-state index is 10.8. The number of hydrogen-bond donors (Lipinski definition) is 2. The zero-order valence-electron chi connectivity index (χ0n) is 9.84. The summed E-state index contributed by atoms with van der Waals surface area (Å²) in [5, 5.41) is 5.06. The van der Waals surface area contributed by atoms with Crippen molar-refractivity contribution in [1.29, 1.82) is 0 Å². The molecule has 0 radical (unpaired) electrons. The molecule has 94 valence electrons. The normalized spacial score (nSPS) is 10.1. The molecule has 0 bridgehead atoms. The predicted molar refractivity (Wildman–Crippen MR) is 71.6 cm³/mol. The smallest absolute Gasteiger partial charge is 0.223 e. The lowest BCUT2D eigenvalue weighted by Crippen LogP contribution is -2.05. The molecule has 0 aliphatic carbocycles. The van der Waals surface area contributed by atoms with Gasteiger partial charge in [0.05, 0.1) is 5.69 Å². The standard InChI is InChI=1S/C12H13N3O2S/c1-8(16)14-12-15-10(7-18-12)6-17-11-4-2-9(13)3-5-11/h2-5,7H,6,13H2,1H3,(H,14,15,16). The number of benzene rings is 1. The van der Waals surface area contributed by atoms with E-state index in [1.54, 1.807) is 24.3 Å². The fraction of sp³-hybridized carbons (Fsp3) is 0.167. The van der Waals surface area contributed by atoms with Crippen LogP contribution in [0, 0.1) is 0 Å². The van der Waals surface area contributed by atoms with Gasteiger partial charge in [0.2, 0.25) is 5.91 Å². The van der Waals surface area contributed by atoms with Gasteiger partial charge in [-0.2, -0.15) is 0 Å². The van der Waals surface area contributed by atoms with Crippen LogP contribution < -0.4 is 15.8 Å². The molecule has 6 heteroatoms. The first kappa shape index (κ1) is 12.4. The predicted octanol–water partition coefficient (Wildman–Crippen LogP) is 2.26.